The van der Waals surface area contributed by atoms with Gasteiger partial charge in [-0.15, -0.1) is 0 Å². The maximum absolute atomic E-state index is 12.6. The van der Waals surface area contributed by atoms with Crippen molar-refractivity contribution in [3.63, 3.8) is 0 Å². The summed E-state index contributed by atoms with van der Waals surface area (Å²) < 4.78 is 97.6. The van der Waals surface area contributed by atoms with Gasteiger partial charge in [0.25, 0.3) is 0 Å². The van der Waals surface area contributed by atoms with E-state index >= 15 is 0 Å². The van der Waals surface area contributed by atoms with Crippen LogP contribution in [0.25, 0.3) is 0 Å². The van der Waals surface area contributed by atoms with Crippen LogP contribution in [0.5, 0.6) is 0 Å². The van der Waals surface area contributed by atoms with E-state index < -0.39 is 93.8 Å². The fourth-order valence-electron chi connectivity index (χ4n) is 26.4. The molecular weight excluding hydrogens is 1820 g/mol. The Bertz CT molecular complexity index is 4770. The highest BCUT2D eigenvalue weighted by atomic mass is 16.7. The Hall–Kier alpha value is -9.05. The lowest BCUT2D eigenvalue weighted by Gasteiger charge is -2.32. The zero-order valence-corrected chi connectivity index (χ0v) is 85.2. The molecule has 35 heteroatoms. The van der Waals surface area contributed by atoms with E-state index in [1.165, 1.54) is 7.11 Å². The third-order valence-corrected chi connectivity index (χ3v) is 36.3. The molecule has 0 amide bonds. The normalized spacial score (nSPS) is 40.3. The zero-order chi connectivity index (χ0) is 102. The van der Waals surface area contributed by atoms with Crippen LogP contribution >= 0.6 is 0 Å². The molecule has 9 heterocycles. The lowest BCUT2D eigenvalue weighted by Crippen LogP contribution is -2.45. The van der Waals surface area contributed by atoms with Gasteiger partial charge in [0.05, 0.1) is 132 Å². The average Bonchev–Trinajstić information content (AvgIpc) is 1.55. The second-order valence-corrected chi connectivity index (χ2v) is 46.4. The van der Waals surface area contributed by atoms with Gasteiger partial charge in [-0.05, 0) is 190 Å². The van der Waals surface area contributed by atoms with Crippen LogP contribution in [-0.2, 0) is 167 Å². The van der Waals surface area contributed by atoms with Crippen molar-refractivity contribution in [2.75, 3.05) is 26.9 Å². The van der Waals surface area contributed by atoms with E-state index in [1.807, 2.05) is 111 Å². The Balaban J connectivity index is 0.000000124. The number of esters is 17. The molecule has 35 nitrogen and oxygen atoms in total. The molecule has 9 aliphatic heterocycles. The van der Waals surface area contributed by atoms with Crippen molar-refractivity contribution in [2.24, 2.45) is 182 Å². The van der Waals surface area contributed by atoms with Crippen LogP contribution in [0.3, 0.4) is 0 Å². The van der Waals surface area contributed by atoms with Crippen molar-refractivity contribution in [1.29, 1.82) is 0 Å². The van der Waals surface area contributed by atoms with E-state index in [4.69, 9.17) is 85.3 Å². The number of ether oxygens (including phenoxy) is 18. The summed E-state index contributed by atoms with van der Waals surface area (Å²) in [7, 11) is 1.31. The molecule has 42 unspecified atom stereocenters. The molecule has 21 fully saturated rings. The second-order valence-electron chi connectivity index (χ2n) is 46.4. The molecule has 0 aromatic heterocycles. The van der Waals surface area contributed by atoms with E-state index in [9.17, 15) is 81.5 Å². The summed E-state index contributed by atoms with van der Waals surface area (Å²) in [6.45, 7) is 40.9. The quantitative estimate of drug-likeness (QED) is 0.0605. The van der Waals surface area contributed by atoms with Crippen molar-refractivity contribution < 1.29 is 167 Å². The summed E-state index contributed by atoms with van der Waals surface area (Å²) in [5.74, 6) is -5.74. The molecule has 0 spiro atoms. The molecule has 778 valence electrons. The molecule has 9 saturated heterocycles. The minimum absolute atomic E-state index is 0.000856. The molecule has 12 aliphatic carbocycles. The summed E-state index contributed by atoms with van der Waals surface area (Å²) in [5, 5.41) is 0. The molecular formula is C105H148O35. The van der Waals surface area contributed by atoms with E-state index in [2.05, 4.69) is 0 Å². The highest BCUT2D eigenvalue weighted by molar-refractivity contribution is 5.90. The molecule has 12 saturated carbocycles. The van der Waals surface area contributed by atoms with Gasteiger partial charge in [-0.2, -0.15) is 0 Å². The van der Waals surface area contributed by atoms with E-state index in [1.54, 1.807) is 34.6 Å². The maximum Gasteiger partial charge on any atom is 0.312 e. The SMILES string of the molecule is CCC(C)(C)C(=O)OC1C2CC3C(=O)OC1C3C2.CCC(C)(C)C(=O)OC1CC2CC1C1C(=O)OCC21.CCC(C)(C)C(=O)OC1CC2CC1C1COC(=O)C21.CCC(C)C(=O)OC1C2CC3C(=O)OC1C3O2.CCC(C)C(=O)OC1C2CC3C1OC(=O)C3C2C(=O)OC.CCC(C)C(=O)OC1C2CC3C1OC(=O)C3C2C(=O)OC(C)(C)C.CCOC(=O)C1C2CC3C(OC(=O)C31)C2OC(=O)C(C)CC. The van der Waals surface area contributed by atoms with Crippen molar-refractivity contribution in [2.45, 2.75) is 346 Å². The largest absolute Gasteiger partial charge is 0.469 e. The van der Waals surface area contributed by atoms with Crippen molar-refractivity contribution in [3.05, 3.63) is 0 Å². The fraction of sp³-hybridized carbons (Fsp3) is 0.838. The van der Waals surface area contributed by atoms with Crippen LogP contribution in [0.15, 0.2) is 0 Å². The number of rotatable bonds is 25. The van der Waals surface area contributed by atoms with E-state index in [0.717, 1.165) is 64.2 Å². The Kier molecular flexibility index (Phi) is 30.7. The average molecular weight is 1970 g/mol. The molecule has 0 aromatic carbocycles. The predicted molar refractivity (Wildman–Crippen MR) is 484 cm³/mol. The Morgan fingerprint density at radius 1 is 0.321 bits per heavy atom. The van der Waals surface area contributed by atoms with Gasteiger partial charge in [0.1, 0.15) is 72.7 Å². The molecule has 21 rings (SSSR count). The summed E-state index contributed by atoms with van der Waals surface area (Å²) >= 11 is 0. The number of hydrogen-bond donors (Lipinski definition) is 0. The molecule has 0 radical (unpaired) electrons. The third kappa shape index (κ3) is 19.4. The first kappa shape index (κ1) is 105. The summed E-state index contributed by atoms with van der Waals surface area (Å²) in [6.07, 6.45) is 9.07. The van der Waals surface area contributed by atoms with Gasteiger partial charge in [0.2, 0.25) is 0 Å². The number of carbonyl (C=O) groups excluding carboxylic acids is 17. The maximum atomic E-state index is 12.6. The van der Waals surface area contributed by atoms with Crippen molar-refractivity contribution in [1.82, 2.24) is 0 Å². The Labute approximate surface area is 818 Å². The van der Waals surface area contributed by atoms with Gasteiger partial charge in [0, 0.05) is 71.0 Å². The van der Waals surface area contributed by atoms with Gasteiger partial charge in [0.15, 0.2) is 12.2 Å². The van der Waals surface area contributed by atoms with Crippen LogP contribution in [0.2, 0.25) is 0 Å². The van der Waals surface area contributed by atoms with Crippen molar-refractivity contribution in [3.8, 4) is 0 Å². The number of methoxy groups -OCH3 is 1. The molecule has 21 aliphatic rings. The molecule has 140 heavy (non-hydrogen) atoms. The second kappa shape index (κ2) is 40.9. The highest BCUT2D eigenvalue weighted by Gasteiger charge is 2.75. The third-order valence-electron chi connectivity index (χ3n) is 36.3. The number of carbonyl (C=O) groups is 17. The van der Waals surface area contributed by atoms with Gasteiger partial charge in [-0.1, -0.05) is 76.2 Å². The minimum Gasteiger partial charge on any atom is -0.469 e. The van der Waals surface area contributed by atoms with Crippen LogP contribution in [0, 0.1) is 182 Å². The molecule has 14 bridgehead atoms. The van der Waals surface area contributed by atoms with E-state index in [-0.39, 0.29) is 252 Å². The smallest absolute Gasteiger partial charge is 0.312 e. The van der Waals surface area contributed by atoms with Gasteiger partial charge < -0.3 is 85.3 Å². The van der Waals surface area contributed by atoms with Crippen LogP contribution in [0.4, 0.5) is 0 Å². The number of cyclic esters (lactones) is 2. The van der Waals surface area contributed by atoms with Crippen LogP contribution < -0.4 is 0 Å². The lowest BCUT2D eigenvalue weighted by molar-refractivity contribution is -0.173. The fourth-order valence-corrected chi connectivity index (χ4v) is 26.4. The first-order valence-corrected chi connectivity index (χ1v) is 52.0. The van der Waals surface area contributed by atoms with Crippen molar-refractivity contribution >= 4 is 101 Å². The topological polar surface area (TPSA) is 456 Å². The summed E-state index contributed by atoms with van der Waals surface area (Å²) in [6, 6.07) is 0. The molecule has 42 atom stereocenters. The highest BCUT2D eigenvalue weighted by Crippen LogP contribution is 2.65. The molecule has 0 aromatic rings. The van der Waals surface area contributed by atoms with Gasteiger partial charge in [-0.3, -0.25) is 81.5 Å². The van der Waals surface area contributed by atoms with Crippen LogP contribution in [-0.4, -0.2) is 219 Å². The van der Waals surface area contributed by atoms with Crippen LogP contribution in [0.1, 0.15) is 255 Å². The lowest BCUT2D eigenvalue weighted by atomic mass is 9.78. The Morgan fingerprint density at radius 3 is 1.14 bits per heavy atom. The number of hydrogen-bond acceptors (Lipinski definition) is 35. The Morgan fingerprint density at radius 2 is 0.700 bits per heavy atom. The molecule has 0 N–H and O–H groups in total. The summed E-state index contributed by atoms with van der Waals surface area (Å²) in [4.78, 5) is 204. The first-order valence-electron chi connectivity index (χ1n) is 52.0. The van der Waals surface area contributed by atoms with E-state index in [0.29, 0.717) is 93.7 Å². The predicted octanol–water partition coefficient (Wildman–Crippen LogP) is 11.2. The monoisotopic (exact) mass is 1970 g/mol. The standard InChI is InChI=1S/C18H26O6.C16H22O6.C15H20O6.2C15H22O4.C14H20O4.C12H16O5/c1-6-8(2)15(19)22-13-10-7-9-11(16(20)23-14(9)13)12(10)17(21)24-18(3,4)5;1-4-7(3)14(17)21-12-8-6-9-11(16(19)22-13(9)12)10(8)15(18)20-5-2;1-4-6(2)13(16)20-11-7-5-8-10(9(7)14(17)19-3)15(18)21-12(8)11;1-4-15(2,3)14(17)19-11-6-8-5-9(11)10-7-18-13(16)12(8)10;1-4-15(2,3)14(17)19-11-6-8-5-9(11)12-10(8)7-18-13(12)16;1-4-14(2,3)13(16)18-10-7-5-8-9(6-7)12(15)17-11(8)10;1-3-5(2)11(13)16-9-7-4-6-8(15-7)10(9)17-12(6)14/h8-14H,6-7H2,1-5H3;7-13H,4-6H2,1-3H3;6-12H,4-5H2,1-3H3;2*8-12H,4-7H2,1-3H3;7-11H,4-6H2,1-3H3;5-10H,3-4H2,1-2H3. The zero-order valence-electron chi connectivity index (χ0n) is 85.2. The van der Waals surface area contributed by atoms with Gasteiger partial charge >= 0.3 is 101 Å². The number of fused-ring (bicyclic) bond motifs is 15. The summed E-state index contributed by atoms with van der Waals surface area (Å²) in [5.41, 5.74) is -1.92. The first-order chi connectivity index (χ1) is 66.0. The van der Waals surface area contributed by atoms with Gasteiger partial charge in [-0.25, -0.2) is 0 Å². The minimum atomic E-state index is -0.621.